The maximum atomic E-state index is 11.4. The van der Waals surface area contributed by atoms with Crippen molar-refractivity contribution in [2.45, 2.75) is 42.1 Å². The number of hydrogen-bond donors (Lipinski definition) is 3. The fourth-order valence-corrected chi connectivity index (χ4v) is 6.36. The van der Waals surface area contributed by atoms with Crippen LogP contribution in [0.1, 0.15) is 36.9 Å². The largest absolute Gasteiger partial charge is 0.342 e. The van der Waals surface area contributed by atoms with Crippen molar-refractivity contribution in [2.24, 2.45) is 11.1 Å². The predicted molar refractivity (Wildman–Crippen MR) is 140 cm³/mol. The molecule has 2 aliphatic rings. The molecule has 9 nitrogen and oxygen atoms in total. The molecule has 3 aromatic heterocycles. The lowest BCUT2D eigenvalue weighted by atomic mass is 9.73. The minimum absolute atomic E-state index is 0.0839. The van der Waals surface area contributed by atoms with Crippen LogP contribution >= 0.6 is 23.4 Å². The summed E-state index contributed by atoms with van der Waals surface area (Å²) in [5.41, 5.74) is 10.7. The second-order valence-electron chi connectivity index (χ2n) is 9.40. The van der Waals surface area contributed by atoms with Gasteiger partial charge in [-0.25, -0.2) is 15.0 Å². The topological polar surface area (TPSA) is 126 Å². The quantitative estimate of drug-likeness (QED) is 0.362. The van der Waals surface area contributed by atoms with Gasteiger partial charge in [0.25, 0.3) is 0 Å². The number of imidazole rings is 1. The van der Waals surface area contributed by atoms with Crippen molar-refractivity contribution in [1.29, 1.82) is 0 Å². The molecule has 1 aliphatic carbocycles. The number of fused-ring (bicyclic) bond motifs is 2. The number of carbonyl (C=O) groups excluding carboxylic acids is 1. The van der Waals surface area contributed by atoms with Crippen molar-refractivity contribution in [1.82, 2.24) is 24.9 Å². The van der Waals surface area contributed by atoms with Crippen LogP contribution in [0.15, 0.2) is 52.6 Å². The van der Waals surface area contributed by atoms with E-state index >= 15 is 0 Å². The van der Waals surface area contributed by atoms with E-state index in [0.29, 0.717) is 27.2 Å². The Balaban J connectivity index is 1.18. The molecule has 0 saturated carbocycles. The summed E-state index contributed by atoms with van der Waals surface area (Å²) in [7, 11) is 0. The molecule has 36 heavy (non-hydrogen) atoms. The number of nitrogens with zero attached hydrogens (tertiary/aromatic N) is 5. The van der Waals surface area contributed by atoms with Crippen molar-refractivity contribution in [3.8, 4) is 0 Å². The summed E-state index contributed by atoms with van der Waals surface area (Å²) in [6.45, 7) is 3.17. The van der Waals surface area contributed by atoms with E-state index in [9.17, 15) is 4.79 Å². The van der Waals surface area contributed by atoms with Gasteiger partial charge in [0.15, 0.2) is 17.1 Å². The number of benzene rings is 1. The number of hydrogen-bond acceptors (Lipinski definition) is 8. The third kappa shape index (κ3) is 4.08. The van der Waals surface area contributed by atoms with E-state index in [-0.39, 0.29) is 17.4 Å². The highest BCUT2D eigenvalue weighted by molar-refractivity contribution is 7.99. The zero-order valence-electron chi connectivity index (χ0n) is 19.7. The van der Waals surface area contributed by atoms with Gasteiger partial charge in [-0.15, -0.1) is 0 Å². The highest BCUT2D eigenvalue weighted by Gasteiger charge is 2.46. The summed E-state index contributed by atoms with van der Waals surface area (Å²) in [5.74, 6) is 0.863. The van der Waals surface area contributed by atoms with Crippen molar-refractivity contribution >= 4 is 52.3 Å². The normalized spacial score (nSPS) is 18.5. The molecule has 4 aromatic rings. The van der Waals surface area contributed by atoms with Crippen molar-refractivity contribution in [2.75, 3.05) is 23.3 Å². The van der Waals surface area contributed by atoms with Gasteiger partial charge in [0.05, 0.1) is 11.2 Å². The zero-order chi connectivity index (χ0) is 24.9. The first-order valence-electron chi connectivity index (χ1n) is 11.8. The van der Waals surface area contributed by atoms with Crippen molar-refractivity contribution < 1.29 is 4.79 Å². The molecule has 1 saturated heterocycles. The second-order valence-corrected chi connectivity index (χ2v) is 10.8. The number of rotatable bonds is 4. The summed E-state index contributed by atoms with van der Waals surface area (Å²) < 4.78 is 0. The molecule has 0 radical (unpaired) electrons. The van der Waals surface area contributed by atoms with Crippen molar-refractivity contribution in [3.63, 3.8) is 0 Å². The summed E-state index contributed by atoms with van der Waals surface area (Å²) in [5, 5.41) is 3.65. The van der Waals surface area contributed by atoms with Crippen molar-refractivity contribution in [3.05, 3.63) is 58.9 Å². The lowest BCUT2D eigenvalue weighted by Crippen LogP contribution is -2.44. The molecule has 1 unspecified atom stereocenters. The molecule has 1 atom stereocenters. The Bertz CT molecular complexity index is 1470. The highest BCUT2D eigenvalue weighted by Crippen LogP contribution is 2.50. The van der Waals surface area contributed by atoms with E-state index in [2.05, 4.69) is 49.4 Å². The van der Waals surface area contributed by atoms with Gasteiger partial charge in [-0.1, -0.05) is 47.6 Å². The van der Waals surface area contributed by atoms with E-state index in [1.807, 2.05) is 0 Å². The van der Waals surface area contributed by atoms with E-state index in [1.54, 1.807) is 18.5 Å². The Morgan fingerprint density at radius 2 is 2.03 bits per heavy atom. The van der Waals surface area contributed by atoms with Gasteiger partial charge in [0.2, 0.25) is 11.9 Å². The van der Waals surface area contributed by atoms with E-state index < -0.39 is 0 Å². The standard InChI is InChI=1S/C25H25ClN8OS/c1-14(35)30-21-19(26)17(6-9-28-21)36-18-13-29-22-23(31-18)33-24(32-22)34-10-7-25(8-11-34)12-15-4-2-3-5-16(15)20(25)27/h2-6,9,13,20H,7-8,10-12,27H2,1H3,(H,28,30,35)(H,29,31,32,33). The van der Waals surface area contributed by atoms with Gasteiger partial charge in [0, 0.05) is 37.1 Å². The third-order valence-electron chi connectivity index (χ3n) is 7.19. The summed E-state index contributed by atoms with van der Waals surface area (Å²) in [4.78, 5) is 35.7. The van der Waals surface area contributed by atoms with Gasteiger partial charge in [-0.05, 0) is 41.9 Å². The van der Waals surface area contributed by atoms with Crippen LogP contribution in [0.3, 0.4) is 0 Å². The molecule has 1 aliphatic heterocycles. The molecule has 6 rings (SSSR count). The molecule has 4 N–H and O–H groups in total. The third-order valence-corrected chi connectivity index (χ3v) is 8.65. The number of carbonyl (C=O) groups is 1. The Morgan fingerprint density at radius 3 is 2.81 bits per heavy atom. The van der Waals surface area contributed by atoms with Gasteiger partial charge in [0.1, 0.15) is 5.03 Å². The average molecular weight is 521 g/mol. The van der Waals surface area contributed by atoms with Crippen LogP contribution < -0.4 is 16.0 Å². The molecule has 184 valence electrons. The minimum atomic E-state index is -0.235. The maximum absolute atomic E-state index is 11.4. The summed E-state index contributed by atoms with van der Waals surface area (Å²) >= 11 is 7.79. The van der Waals surface area contributed by atoms with E-state index in [4.69, 9.17) is 27.3 Å². The molecule has 0 bridgehead atoms. The molecule has 1 fully saturated rings. The molecule has 1 spiro atoms. The van der Waals surface area contributed by atoms with E-state index in [1.165, 1.54) is 29.8 Å². The molecule has 4 heterocycles. The van der Waals surface area contributed by atoms with Gasteiger partial charge < -0.3 is 20.9 Å². The SMILES string of the molecule is CC(=O)Nc1nccc(Sc2cnc3nc(N4CCC5(CC4)Cc4ccccc4C5N)[nH]c3n2)c1Cl. The fourth-order valence-electron chi connectivity index (χ4n) is 5.31. The highest BCUT2D eigenvalue weighted by atomic mass is 35.5. The molecular weight excluding hydrogens is 496 g/mol. The Hall–Kier alpha value is -3.21. The van der Waals surface area contributed by atoms with Crippen LogP contribution in [0.2, 0.25) is 5.02 Å². The molecule has 1 aromatic carbocycles. The van der Waals surface area contributed by atoms with Crippen LogP contribution in [-0.2, 0) is 11.2 Å². The Kier molecular flexibility index (Phi) is 5.82. The Labute approximate surface area is 217 Å². The second kappa shape index (κ2) is 9.02. The van der Waals surface area contributed by atoms with Crippen LogP contribution in [0.4, 0.5) is 11.8 Å². The number of anilines is 2. The first kappa shape index (κ1) is 23.2. The Morgan fingerprint density at radius 1 is 1.22 bits per heavy atom. The number of amides is 1. The number of aromatic amines is 1. The fraction of sp³-hybridized carbons (Fsp3) is 0.320. The molecular formula is C25H25ClN8OS. The number of aromatic nitrogens is 5. The van der Waals surface area contributed by atoms with Gasteiger partial charge in [-0.3, -0.25) is 4.79 Å². The molecule has 1 amide bonds. The summed E-state index contributed by atoms with van der Waals surface area (Å²) in [6.07, 6.45) is 6.34. The molecule has 11 heteroatoms. The number of halogens is 1. The monoisotopic (exact) mass is 520 g/mol. The lowest BCUT2D eigenvalue weighted by Gasteiger charge is -2.42. The number of nitrogens with one attached hydrogen (secondary N) is 2. The van der Waals surface area contributed by atoms with Crippen LogP contribution in [0.25, 0.3) is 11.3 Å². The predicted octanol–water partition coefficient (Wildman–Crippen LogP) is 4.35. The average Bonchev–Trinajstić information content (AvgIpc) is 3.41. The zero-order valence-corrected chi connectivity index (χ0v) is 21.2. The smallest absolute Gasteiger partial charge is 0.222 e. The maximum Gasteiger partial charge on any atom is 0.222 e. The first-order valence-corrected chi connectivity index (χ1v) is 13.0. The van der Waals surface area contributed by atoms with Gasteiger partial charge >= 0.3 is 0 Å². The van der Waals surface area contributed by atoms with E-state index in [0.717, 1.165) is 43.2 Å². The van der Waals surface area contributed by atoms with Crippen LogP contribution in [0, 0.1) is 5.41 Å². The number of pyridine rings is 1. The first-order chi connectivity index (χ1) is 17.4. The number of nitrogens with two attached hydrogens (primary N) is 1. The van der Waals surface area contributed by atoms with Crippen LogP contribution in [-0.4, -0.2) is 43.9 Å². The number of H-pyrrole nitrogens is 1. The number of piperidine rings is 1. The minimum Gasteiger partial charge on any atom is -0.342 e. The lowest BCUT2D eigenvalue weighted by molar-refractivity contribution is -0.114. The van der Waals surface area contributed by atoms with Gasteiger partial charge in [-0.2, -0.15) is 4.98 Å². The summed E-state index contributed by atoms with van der Waals surface area (Å²) in [6, 6.07) is 10.4. The van der Waals surface area contributed by atoms with Crippen LogP contribution in [0.5, 0.6) is 0 Å².